The molecule has 0 fully saturated rings. The molecular weight excluding hydrogens is 272 g/mol. The van der Waals surface area contributed by atoms with Crippen molar-refractivity contribution in [2.24, 2.45) is 5.92 Å². The van der Waals surface area contributed by atoms with Crippen LogP contribution in [0.25, 0.3) is 0 Å². The molecular formula is C20H20O2. The van der Waals surface area contributed by atoms with E-state index in [0.29, 0.717) is 5.75 Å². The van der Waals surface area contributed by atoms with Crippen LogP contribution < -0.4 is 4.74 Å². The van der Waals surface area contributed by atoms with Crippen LogP contribution in [0.15, 0.2) is 48.5 Å². The second-order valence-electron chi connectivity index (χ2n) is 5.37. The summed E-state index contributed by atoms with van der Waals surface area (Å²) in [4.78, 5) is 11.7. The Balaban J connectivity index is 2.03. The summed E-state index contributed by atoms with van der Waals surface area (Å²) < 4.78 is 5.31. The number of esters is 1. The molecule has 0 amide bonds. The lowest BCUT2D eigenvalue weighted by Crippen LogP contribution is -2.16. The monoisotopic (exact) mass is 292 g/mol. The van der Waals surface area contributed by atoms with Gasteiger partial charge in [0.1, 0.15) is 5.75 Å². The summed E-state index contributed by atoms with van der Waals surface area (Å²) in [5, 5.41) is 0. The van der Waals surface area contributed by atoms with Crippen LogP contribution >= 0.6 is 0 Å². The zero-order chi connectivity index (χ0) is 15.9. The second kappa shape index (κ2) is 7.47. The van der Waals surface area contributed by atoms with E-state index in [2.05, 4.69) is 18.8 Å². The Bertz CT molecular complexity index is 685. The van der Waals surface area contributed by atoms with Crippen molar-refractivity contribution in [1.82, 2.24) is 0 Å². The molecule has 2 heteroatoms. The molecule has 22 heavy (non-hydrogen) atoms. The molecule has 2 rings (SSSR count). The lowest BCUT2D eigenvalue weighted by Gasteiger charge is -2.08. The number of carbonyl (C=O) groups is 1. The molecule has 0 spiro atoms. The van der Waals surface area contributed by atoms with E-state index in [-0.39, 0.29) is 11.9 Å². The van der Waals surface area contributed by atoms with E-state index in [4.69, 9.17) is 4.74 Å². The summed E-state index contributed by atoms with van der Waals surface area (Å²) in [5.74, 6) is 6.51. The molecule has 0 saturated carbocycles. The third-order valence-electron chi connectivity index (χ3n) is 3.49. The summed E-state index contributed by atoms with van der Waals surface area (Å²) in [6.45, 7) is 5.88. The Morgan fingerprint density at radius 2 is 1.50 bits per heavy atom. The SMILES string of the molecule is CCC(C)C(=O)Oc1ccc(C#Cc2ccc(C)cc2)cc1. The van der Waals surface area contributed by atoms with Gasteiger partial charge in [0.25, 0.3) is 0 Å². The van der Waals surface area contributed by atoms with Gasteiger partial charge in [-0.15, -0.1) is 0 Å². The molecule has 2 aromatic carbocycles. The largest absolute Gasteiger partial charge is 0.426 e. The third kappa shape index (κ3) is 4.49. The molecule has 112 valence electrons. The molecule has 0 aliphatic carbocycles. The highest BCUT2D eigenvalue weighted by atomic mass is 16.5. The summed E-state index contributed by atoms with van der Waals surface area (Å²) in [6.07, 6.45) is 0.777. The van der Waals surface area contributed by atoms with Crippen molar-refractivity contribution in [2.45, 2.75) is 27.2 Å². The summed E-state index contributed by atoms with van der Waals surface area (Å²) >= 11 is 0. The minimum atomic E-state index is -0.194. The average molecular weight is 292 g/mol. The van der Waals surface area contributed by atoms with Crippen LogP contribution in [0.2, 0.25) is 0 Å². The number of hydrogen-bond donors (Lipinski definition) is 0. The highest BCUT2D eigenvalue weighted by Crippen LogP contribution is 2.14. The van der Waals surface area contributed by atoms with Crippen LogP contribution in [0.4, 0.5) is 0 Å². The highest BCUT2D eigenvalue weighted by Gasteiger charge is 2.12. The maximum atomic E-state index is 11.7. The highest BCUT2D eigenvalue weighted by molar-refractivity contribution is 5.74. The van der Waals surface area contributed by atoms with Gasteiger partial charge in [0.2, 0.25) is 0 Å². The molecule has 1 atom stereocenters. The van der Waals surface area contributed by atoms with Gasteiger partial charge in [-0.1, -0.05) is 43.4 Å². The molecule has 1 unspecified atom stereocenters. The first-order valence-corrected chi connectivity index (χ1v) is 7.49. The van der Waals surface area contributed by atoms with Crippen LogP contribution in [0.5, 0.6) is 5.75 Å². The van der Waals surface area contributed by atoms with Crippen LogP contribution in [0.1, 0.15) is 37.0 Å². The quantitative estimate of drug-likeness (QED) is 0.478. The number of rotatable bonds is 3. The van der Waals surface area contributed by atoms with E-state index in [1.807, 2.05) is 50.2 Å². The molecule has 0 bridgehead atoms. The van der Waals surface area contributed by atoms with Crippen molar-refractivity contribution >= 4 is 5.97 Å². The zero-order valence-corrected chi connectivity index (χ0v) is 13.2. The van der Waals surface area contributed by atoms with Crippen molar-refractivity contribution in [3.05, 3.63) is 65.2 Å². The van der Waals surface area contributed by atoms with E-state index >= 15 is 0 Å². The molecule has 0 aliphatic heterocycles. The van der Waals surface area contributed by atoms with Gasteiger partial charge >= 0.3 is 5.97 Å². The zero-order valence-electron chi connectivity index (χ0n) is 13.2. The van der Waals surface area contributed by atoms with E-state index < -0.39 is 0 Å². The van der Waals surface area contributed by atoms with Crippen molar-refractivity contribution in [3.63, 3.8) is 0 Å². The molecule has 0 N–H and O–H groups in total. The minimum absolute atomic E-state index is 0.0824. The van der Waals surface area contributed by atoms with E-state index in [1.165, 1.54) is 5.56 Å². The van der Waals surface area contributed by atoms with Gasteiger partial charge in [-0.05, 0) is 49.7 Å². The van der Waals surface area contributed by atoms with Gasteiger partial charge in [-0.2, -0.15) is 0 Å². The topological polar surface area (TPSA) is 26.3 Å². The van der Waals surface area contributed by atoms with Gasteiger partial charge in [0, 0.05) is 11.1 Å². The molecule has 0 aliphatic rings. The Labute approximate surface area is 132 Å². The number of aryl methyl sites for hydroxylation is 1. The normalized spacial score (nSPS) is 11.2. The molecule has 0 heterocycles. The van der Waals surface area contributed by atoms with Crippen molar-refractivity contribution < 1.29 is 9.53 Å². The summed E-state index contributed by atoms with van der Waals surface area (Å²) in [7, 11) is 0. The van der Waals surface area contributed by atoms with E-state index in [1.54, 1.807) is 12.1 Å². The first-order valence-electron chi connectivity index (χ1n) is 7.49. The van der Waals surface area contributed by atoms with Crippen molar-refractivity contribution in [2.75, 3.05) is 0 Å². The number of benzene rings is 2. The summed E-state index contributed by atoms with van der Waals surface area (Å²) in [6, 6.07) is 15.4. The smallest absolute Gasteiger partial charge is 0.314 e. The Hall–Kier alpha value is -2.53. The maximum absolute atomic E-state index is 11.7. The van der Waals surface area contributed by atoms with Gasteiger partial charge in [0.15, 0.2) is 0 Å². The van der Waals surface area contributed by atoms with Crippen molar-refractivity contribution in [1.29, 1.82) is 0 Å². The van der Waals surface area contributed by atoms with Gasteiger partial charge in [0.05, 0.1) is 5.92 Å². The first kappa shape index (κ1) is 15.9. The maximum Gasteiger partial charge on any atom is 0.314 e. The Morgan fingerprint density at radius 1 is 1.00 bits per heavy atom. The molecule has 0 aromatic heterocycles. The van der Waals surface area contributed by atoms with Gasteiger partial charge < -0.3 is 4.74 Å². The fourth-order valence-electron chi connectivity index (χ4n) is 1.77. The predicted octanol–water partition coefficient (Wildman–Crippen LogP) is 4.35. The molecule has 2 nitrogen and oxygen atoms in total. The predicted molar refractivity (Wildman–Crippen MR) is 88.7 cm³/mol. The van der Waals surface area contributed by atoms with Gasteiger partial charge in [-0.3, -0.25) is 4.79 Å². The van der Waals surface area contributed by atoms with Crippen LogP contribution in [-0.4, -0.2) is 5.97 Å². The van der Waals surface area contributed by atoms with Crippen LogP contribution in [0.3, 0.4) is 0 Å². The molecule has 2 aromatic rings. The summed E-state index contributed by atoms with van der Waals surface area (Å²) in [5.41, 5.74) is 3.10. The standard InChI is InChI=1S/C20H20O2/c1-4-16(3)20(21)22-19-13-11-18(12-14-19)10-9-17-7-5-15(2)6-8-17/h5-8,11-14,16H,4H2,1-3H3. The van der Waals surface area contributed by atoms with Crippen LogP contribution in [0, 0.1) is 24.7 Å². The van der Waals surface area contributed by atoms with Crippen LogP contribution in [-0.2, 0) is 4.79 Å². The Kier molecular flexibility index (Phi) is 5.38. The molecule has 0 radical (unpaired) electrons. The number of ether oxygens (including phenoxy) is 1. The third-order valence-corrected chi connectivity index (χ3v) is 3.49. The van der Waals surface area contributed by atoms with E-state index in [0.717, 1.165) is 17.5 Å². The minimum Gasteiger partial charge on any atom is -0.426 e. The lowest BCUT2D eigenvalue weighted by molar-refractivity contribution is -0.138. The fourth-order valence-corrected chi connectivity index (χ4v) is 1.77. The Morgan fingerprint density at radius 3 is 2.00 bits per heavy atom. The lowest BCUT2D eigenvalue weighted by atomic mass is 10.1. The molecule has 0 saturated heterocycles. The average Bonchev–Trinajstić information content (AvgIpc) is 2.55. The van der Waals surface area contributed by atoms with Crippen molar-refractivity contribution in [3.8, 4) is 17.6 Å². The van der Waals surface area contributed by atoms with E-state index in [9.17, 15) is 4.79 Å². The fraction of sp³-hybridized carbons (Fsp3) is 0.250. The second-order valence-corrected chi connectivity index (χ2v) is 5.37. The van der Waals surface area contributed by atoms with Gasteiger partial charge in [-0.25, -0.2) is 0 Å². The number of carbonyl (C=O) groups excluding carboxylic acids is 1. The number of hydrogen-bond acceptors (Lipinski definition) is 2. The first-order chi connectivity index (χ1) is 10.6.